The summed E-state index contributed by atoms with van der Waals surface area (Å²) in [6, 6.07) is 1.45. The van der Waals surface area contributed by atoms with E-state index in [2.05, 4.69) is 33.5 Å². The number of nitrogens with one attached hydrogen (secondary N) is 1. The molecule has 1 aromatic heterocycles. The van der Waals surface area contributed by atoms with E-state index < -0.39 is 5.97 Å². The van der Waals surface area contributed by atoms with Crippen LogP contribution < -0.4 is 5.32 Å². The van der Waals surface area contributed by atoms with Crippen LogP contribution in [-0.4, -0.2) is 48.3 Å². The van der Waals surface area contributed by atoms with Crippen LogP contribution in [-0.2, 0) is 4.74 Å². The van der Waals surface area contributed by atoms with Crippen LogP contribution >= 0.6 is 11.6 Å². The van der Waals surface area contributed by atoms with Gasteiger partial charge in [-0.15, -0.1) is 10.2 Å². The van der Waals surface area contributed by atoms with Crippen molar-refractivity contribution in [2.24, 2.45) is 0 Å². The van der Waals surface area contributed by atoms with Gasteiger partial charge in [0, 0.05) is 12.2 Å². The van der Waals surface area contributed by atoms with Gasteiger partial charge in [-0.3, -0.25) is 0 Å². The summed E-state index contributed by atoms with van der Waals surface area (Å²) < 4.78 is 4.73. The molecule has 0 radical (unpaired) electrons. The zero-order valence-electron chi connectivity index (χ0n) is 11.5. The highest BCUT2D eigenvalue weighted by Crippen LogP contribution is 2.19. The predicted molar refractivity (Wildman–Crippen MR) is 76.8 cm³/mol. The molecule has 0 spiro atoms. The van der Waals surface area contributed by atoms with Crippen molar-refractivity contribution in [2.75, 3.05) is 32.6 Å². The molecule has 0 amide bonds. The highest BCUT2D eigenvalue weighted by molar-refractivity contribution is 6.29. The molecular weight excluding hydrogens is 280 g/mol. The van der Waals surface area contributed by atoms with Crippen LogP contribution in [0, 0.1) is 0 Å². The molecule has 1 N–H and O–H groups in total. The molecule has 0 fully saturated rings. The molecule has 20 heavy (non-hydrogen) atoms. The number of methoxy groups -OCH3 is 1. The Labute approximate surface area is 122 Å². The van der Waals surface area contributed by atoms with Crippen molar-refractivity contribution >= 4 is 23.4 Å². The number of carbonyl (C=O) groups is 1. The van der Waals surface area contributed by atoms with Gasteiger partial charge in [-0.1, -0.05) is 17.7 Å². The number of anilines is 1. The number of halogens is 1. The number of nitrogens with zero attached hydrogens (tertiary/aromatic N) is 3. The Morgan fingerprint density at radius 2 is 2.30 bits per heavy atom. The number of carbonyl (C=O) groups excluding carboxylic acids is 1. The number of aromatic nitrogens is 2. The maximum atomic E-state index is 11.7. The van der Waals surface area contributed by atoms with E-state index in [0.29, 0.717) is 5.82 Å². The maximum absolute atomic E-state index is 11.7. The molecule has 0 atom stereocenters. The second-order valence-corrected chi connectivity index (χ2v) is 5.04. The maximum Gasteiger partial charge on any atom is 0.341 e. The number of esters is 1. The topological polar surface area (TPSA) is 67.3 Å². The van der Waals surface area contributed by atoms with Crippen LogP contribution in [0.25, 0.3) is 0 Å². The third-order valence-corrected chi connectivity index (χ3v) is 3.21. The minimum atomic E-state index is -0.494. The lowest BCUT2D eigenvalue weighted by Crippen LogP contribution is -2.23. The van der Waals surface area contributed by atoms with E-state index in [1.54, 1.807) is 0 Å². The summed E-state index contributed by atoms with van der Waals surface area (Å²) in [7, 11) is 3.37. The standard InChI is InChI=1S/C13H17ClN4O2/c1-18-6-4-3-5-9(8-18)15-12-10(13(19)20-2)7-11(14)16-17-12/h5,7H,3-4,6,8H2,1-2H3,(H,15,17). The summed E-state index contributed by atoms with van der Waals surface area (Å²) in [6.45, 7) is 1.81. The van der Waals surface area contributed by atoms with E-state index in [1.807, 2.05) is 0 Å². The Kier molecular flexibility index (Phi) is 4.92. The smallest absolute Gasteiger partial charge is 0.341 e. The first-order valence-corrected chi connectivity index (χ1v) is 6.74. The molecule has 0 saturated carbocycles. The van der Waals surface area contributed by atoms with Crippen molar-refractivity contribution in [1.29, 1.82) is 0 Å². The van der Waals surface area contributed by atoms with Crippen LogP contribution in [0.3, 0.4) is 0 Å². The van der Waals surface area contributed by atoms with Gasteiger partial charge in [0.1, 0.15) is 5.56 Å². The van der Waals surface area contributed by atoms with Gasteiger partial charge in [-0.25, -0.2) is 4.79 Å². The number of hydrogen-bond acceptors (Lipinski definition) is 6. The van der Waals surface area contributed by atoms with Crippen molar-refractivity contribution in [1.82, 2.24) is 15.1 Å². The molecule has 1 aromatic rings. The molecule has 7 heteroatoms. The predicted octanol–water partition coefficient (Wildman–Crippen LogP) is 1.94. The molecular formula is C13H17ClN4O2. The Bertz CT molecular complexity index is 533. The third kappa shape index (κ3) is 3.68. The molecule has 2 rings (SSSR count). The van der Waals surface area contributed by atoms with Crippen molar-refractivity contribution in [3.8, 4) is 0 Å². The number of ether oxygens (including phenoxy) is 1. The zero-order chi connectivity index (χ0) is 14.5. The Balaban J connectivity index is 2.24. The first kappa shape index (κ1) is 14.7. The average molecular weight is 297 g/mol. The molecule has 108 valence electrons. The number of hydrogen-bond donors (Lipinski definition) is 1. The van der Waals surface area contributed by atoms with Gasteiger partial charge < -0.3 is 15.0 Å². The molecule has 1 aliphatic rings. The molecule has 1 aliphatic heterocycles. The van der Waals surface area contributed by atoms with E-state index in [1.165, 1.54) is 13.2 Å². The van der Waals surface area contributed by atoms with Crippen LogP contribution in [0.1, 0.15) is 23.2 Å². The molecule has 0 aliphatic carbocycles. The van der Waals surface area contributed by atoms with Gasteiger partial charge in [0.25, 0.3) is 0 Å². The number of rotatable bonds is 3. The molecule has 6 nitrogen and oxygen atoms in total. The molecule has 0 unspecified atom stereocenters. The molecule has 0 aromatic carbocycles. The largest absolute Gasteiger partial charge is 0.465 e. The van der Waals surface area contributed by atoms with E-state index in [4.69, 9.17) is 16.3 Å². The van der Waals surface area contributed by atoms with E-state index in [9.17, 15) is 4.79 Å². The SMILES string of the molecule is COC(=O)c1cc(Cl)nnc1NC1=CCCCN(C)C1. The summed E-state index contributed by atoms with van der Waals surface area (Å²) in [6.07, 6.45) is 4.21. The van der Waals surface area contributed by atoms with Gasteiger partial charge in [0.2, 0.25) is 0 Å². The van der Waals surface area contributed by atoms with E-state index in [-0.39, 0.29) is 10.7 Å². The van der Waals surface area contributed by atoms with Crippen molar-refractivity contribution in [3.63, 3.8) is 0 Å². The Hall–Kier alpha value is -1.66. The van der Waals surface area contributed by atoms with Crippen LogP contribution in [0.15, 0.2) is 17.8 Å². The van der Waals surface area contributed by atoms with Crippen molar-refractivity contribution in [2.45, 2.75) is 12.8 Å². The molecule has 2 heterocycles. The van der Waals surface area contributed by atoms with Crippen molar-refractivity contribution < 1.29 is 9.53 Å². The fourth-order valence-corrected chi connectivity index (χ4v) is 2.19. The van der Waals surface area contributed by atoms with E-state index in [0.717, 1.165) is 31.6 Å². The first-order valence-electron chi connectivity index (χ1n) is 6.36. The number of allylic oxidation sites excluding steroid dienone is 1. The summed E-state index contributed by atoms with van der Waals surface area (Å²) in [4.78, 5) is 13.9. The summed E-state index contributed by atoms with van der Waals surface area (Å²) in [5.41, 5.74) is 1.27. The third-order valence-electron chi connectivity index (χ3n) is 3.02. The van der Waals surface area contributed by atoms with Crippen molar-refractivity contribution in [3.05, 3.63) is 28.6 Å². The lowest BCUT2D eigenvalue weighted by molar-refractivity contribution is 0.0601. The van der Waals surface area contributed by atoms with Crippen LogP contribution in [0.2, 0.25) is 5.15 Å². The lowest BCUT2D eigenvalue weighted by Gasteiger charge is -2.17. The fourth-order valence-electron chi connectivity index (χ4n) is 2.04. The van der Waals surface area contributed by atoms with Gasteiger partial charge in [0.15, 0.2) is 11.0 Å². The zero-order valence-corrected chi connectivity index (χ0v) is 12.3. The Morgan fingerprint density at radius 1 is 1.50 bits per heavy atom. The quantitative estimate of drug-likeness (QED) is 0.860. The fraction of sp³-hybridized carbons (Fsp3) is 0.462. The van der Waals surface area contributed by atoms with E-state index >= 15 is 0 Å². The van der Waals surface area contributed by atoms with Gasteiger partial charge >= 0.3 is 5.97 Å². The summed E-state index contributed by atoms with van der Waals surface area (Å²) in [5, 5.41) is 11.0. The summed E-state index contributed by atoms with van der Waals surface area (Å²) >= 11 is 5.78. The normalized spacial score (nSPS) is 16.2. The summed E-state index contributed by atoms with van der Waals surface area (Å²) in [5.74, 6) is -0.130. The average Bonchev–Trinajstić information content (AvgIpc) is 2.64. The minimum Gasteiger partial charge on any atom is -0.465 e. The lowest BCUT2D eigenvalue weighted by atomic mass is 10.2. The second kappa shape index (κ2) is 6.67. The highest BCUT2D eigenvalue weighted by atomic mass is 35.5. The highest BCUT2D eigenvalue weighted by Gasteiger charge is 2.17. The van der Waals surface area contributed by atoms with Crippen LogP contribution in [0.5, 0.6) is 0 Å². The van der Waals surface area contributed by atoms with Gasteiger partial charge in [-0.05, 0) is 32.5 Å². The first-order chi connectivity index (χ1) is 9.60. The minimum absolute atomic E-state index is 0.155. The Morgan fingerprint density at radius 3 is 3.05 bits per heavy atom. The van der Waals surface area contributed by atoms with Crippen LogP contribution in [0.4, 0.5) is 5.82 Å². The number of likely N-dealkylation sites (N-methyl/N-ethyl adjacent to an activating group) is 1. The molecule has 0 bridgehead atoms. The van der Waals surface area contributed by atoms with Gasteiger partial charge in [0.05, 0.1) is 7.11 Å². The second-order valence-electron chi connectivity index (χ2n) is 4.66. The van der Waals surface area contributed by atoms with Gasteiger partial charge in [-0.2, -0.15) is 0 Å². The monoisotopic (exact) mass is 296 g/mol. The molecule has 0 saturated heterocycles.